The number of carbonyl (C=O) groups is 6. The fraction of sp³-hybridized carbons (Fsp3) is 0.294. The van der Waals surface area contributed by atoms with Gasteiger partial charge in [-0.1, -0.05) is 38.0 Å². The molecular weight excluding hydrogens is 2030 g/mol. The number of allylic oxidation sites excluding steroid dienone is 15. The quantitative estimate of drug-likeness (QED) is 0.0260. The standard InChI is InChI=1S/3C34H34Cl2N4O4.2In/c3*1-6-20-16(2)26-13-31-34(23(36)15-35)19(5)27(40-31)11-24-17(3)21(7-9-32(41)42)29(38-24)14-30-22(8-10-33(43)44)18(4)25(39-30)12-28(20)37-26;;/h3*6,11-14,23,39-40H,1,7-10,15H2,2-5H3,(H,41,42)(H,43,44);;/q;;;2*+3/p-6. The van der Waals surface area contributed by atoms with Gasteiger partial charge in [-0.2, -0.15) is 0 Å². The van der Waals surface area contributed by atoms with Gasteiger partial charge in [-0.15, -0.1) is 69.6 Å². The first-order valence-corrected chi connectivity index (χ1v) is 45.9. The van der Waals surface area contributed by atoms with Crippen LogP contribution in [0.4, 0.5) is 0 Å². The van der Waals surface area contributed by atoms with Gasteiger partial charge >= 0.3 is 51.7 Å². The molecule has 9 aromatic rings. The van der Waals surface area contributed by atoms with Crippen molar-refractivity contribution in [2.24, 2.45) is 0 Å². The minimum absolute atomic E-state index is 0. The Morgan fingerprint density at radius 1 is 0.276 bits per heavy atom. The molecule has 0 saturated carbocycles. The van der Waals surface area contributed by atoms with E-state index in [0.29, 0.717) is 67.8 Å². The molecule has 6 aliphatic rings. The van der Waals surface area contributed by atoms with Crippen LogP contribution in [0.5, 0.6) is 0 Å². The van der Waals surface area contributed by atoms with Gasteiger partial charge in [0.25, 0.3) is 0 Å². The van der Waals surface area contributed by atoms with Gasteiger partial charge in [-0.3, -0.25) is 0 Å². The molecule has 0 aliphatic carbocycles. The fourth-order valence-corrected chi connectivity index (χ4v) is 19.2. The maximum absolute atomic E-state index is 11.5. The van der Waals surface area contributed by atoms with Gasteiger partial charge in [-0.05, 0) is 350 Å². The number of halogens is 6. The Morgan fingerprint density at radius 2 is 0.455 bits per heavy atom. The van der Waals surface area contributed by atoms with Crippen molar-refractivity contribution < 1.29 is 59.4 Å². The molecule has 134 heavy (non-hydrogen) atoms. The largest absolute Gasteiger partial charge is 3.00 e. The van der Waals surface area contributed by atoms with Crippen LogP contribution in [-0.2, 0) is 48.0 Å². The number of aliphatic carboxylic acids is 6. The number of fused-ring (bicyclic) bond motifs is 24. The zero-order valence-corrected chi connectivity index (χ0v) is 87.3. The number of aromatic amines is 6. The number of alkyl halides is 6. The SMILES string of the molecule is C=CC1=C(C)c2cc3[nH]c(cc4nc(cc5[nH]c(cc1n2)c(C)c5CCC(=O)[O-])C(CCC(=O)[O-])=C4C)c(C)c3C(Cl)CCl.C=CC1=C(C)c2cc3[nH]c(cc4nc(cc5[nH]c(cc1n2)c(C)c5CCC(=O)[O-])C(CCC(=O)[O-])=C4C)c(C)c3C(Cl)CCl.C=CC1=C(C)c2cc3[nH]c(cc4nc(cc5[nH]c(cc1n2)c(C)c5CCC(=O)[O-])C(CCC(=O)[O-])=C4C)c(C)c3C(Cl)CCl.[In+3].[In+3]. The van der Waals surface area contributed by atoms with E-state index in [1.807, 2.05) is 156 Å². The van der Waals surface area contributed by atoms with Crippen molar-refractivity contribution in [3.05, 3.63) is 246 Å². The Hall–Kier alpha value is -10.7. The van der Waals surface area contributed by atoms with E-state index in [1.165, 1.54) is 0 Å². The van der Waals surface area contributed by atoms with E-state index in [9.17, 15) is 59.4 Å². The van der Waals surface area contributed by atoms with Gasteiger partial charge in [0, 0.05) is 136 Å². The predicted molar refractivity (Wildman–Crippen MR) is 529 cm³/mol. The summed E-state index contributed by atoms with van der Waals surface area (Å²) < 4.78 is 0. The van der Waals surface area contributed by atoms with Crippen LogP contribution in [0.25, 0.3) is 133 Å². The molecule has 9 aromatic heterocycles. The Bertz CT molecular complexity index is 6520. The third-order valence-corrected chi connectivity index (χ3v) is 27.9. The number of hydrogen-bond donors (Lipinski definition) is 6. The van der Waals surface area contributed by atoms with Crippen LogP contribution < -0.4 is 30.6 Å². The molecule has 32 heteroatoms. The molecule has 3 unspecified atom stereocenters. The van der Waals surface area contributed by atoms with Crippen LogP contribution in [0.2, 0.25) is 0 Å². The molecule has 0 radical (unpaired) electrons. The van der Waals surface area contributed by atoms with Crippen molar-refractivity contribution in [3.63, 3.8) is 0 Å². The summed E-state index contributed by atoms with van der Waals surface area (Å²) in [5.74, 6) is -6.29. The maximum Gasteiger partial charge on any atom is 3.00 e. The summed E-state index contributed by atoms with van der Waals surface area (Å²) in [6.45, 7) is 35.5. The van der Waals surface area contributed by atoms with Gasteiger partial charge in [-0.25, -0.2) is 29.9 Å². The van der Waals surface area contributed by atoms with E-state index in [1.54, 1.807) is 18.2 Å². The van der Waals surface area contributed by atoms with Crippen LogP contribution in [0.1, 0.15) is 251 Å². The van der Waals surface area contributed by atoms with Gasteiger partial charge in [0.15, 0.2) is 0 Å². The molecule has 15 rings (SSSR count). The summed E-state index contributed by atoms with van der Waals surface area (Å²) >= 11 is 39.0. The van der Waals surface area contributed by atoms with Crippen LogP contribution in [0.15, 0.2) is 111 Å². The molecule has 0 aromatic carbocycles. The van der Waals surface area contributed by atoms with E-state index < -0.39 is 51.9 Å². The summed E-state index contributed by atoms with van der Waals surface area (Å²) in [7, 11) is 0. The van der Waals surface area contributed by atoms with Crippen LogP contribution in [0.3, 0.4) is 0 Å². The second-order valence-corrected chi connectivity index (χ2v) is 35.8. The Labute approximate surface area is 841 Å². The Morgan fingerprint density at radius 3 is 0.672 bits per heavy atom. The normalized spacial score (nSPS) is 13.7. The van der Waals surface area contributed by atoms with Crippen molar-refractivity contribution in [2.45, 2.75) is 176 Å². The van der Waals surface area contributed by atoms with E-state index in [-0.39, 0.29) is 146 Å². The smallest absolute Gasteiger partial charge is 0.550 e. The van der Waals surface area contributed by atoms with Gasteiger partial charge < -0.3 is 89.3 Å². The van der Waals surface area contributed by atoms with E-state index in [4.69, 9.17) is 99.5 Å². The summed E-state index contributed by atoms with van der Waals surface area (Å²) in [6, 6.07) is 23.0. The predicted octanol–water partition coefficient (Wildman–Crippen LogP) is 16.4. The molecule has 684 valence electrons. The average molecular weight is 2120 g/mol. The number of nitrogens with one attached hydrogen (secondary N) is 6. The molecule has 15 heterocycles. The summed E-state index contributed by atoms with van der Waals surface area (Å²) in [5.41, 5.74) is 37.8. The number of H-pyrrole nitrogens is 6. The van der Waals surface area contributed by atoms with E-state index in [2.05, 4.69) is 49.6 Å². The number of nitrogens with zero attached hydrogens (tertiary/aromatic N) is 6. The second kappa shape index (κ2) is 44.0. The van der Waals surface area contributed by atoms with Crippen LogP contribution >= 0.6 is 69.6 Å². The zero-order valence-electron chi connectivity index (χ0n) is 76.1. The number of aryl methyl sites for hydroxylation is 9. The molecule has 6 N–H and O–H groups in total. The third-order valence-electron chi connectivity index (χ3n) is 25.3. The molecule has 6 aliphatic heterocycles. The minimum atomic E-state index is -1.16. The molecule has 0 saturated heterocycles. The van der Waals surface area contributed by atoms with E-state index >= 15 is 0 Å². The van der Waals surface area contributed by atoms with Crippen molar-refractivity contribution in [1.29, 1.82) is 0 Å². The molecule has 24 bridgehead atoms. The molecule has 0 spiro atoms. The number of carboxylic acids is 6. The number of hydrogen-bond acceptors (Lipinski definition) is 18. The van der Waals surface area contributed by atoms with Crippen LogP contribution in [-0.4, -0.2) is 165 Å². The zero-order chi connectivity index (χ0) is 95.6. The summed E-state index contributed by atoms with van der Waals surface area (Å²) in [6.07, 6.45) is 5.71. The molecular formula is C102H96Cl6In2N12O12. The monoisotopic (exact) mass is 2120 g/mol. The van der Waals surface area contributed by atoms with Gasteiger partial charge in [0.2, 0.25) is 0 Å². The first-order chi connectivity index (χ1) is 62.8. The Kier molecular flexibility index (Phi) is 34.1. The van der Waals surface area contributed by atoms with Gasteiger partial charge in [0.05, 0.1) is 84.5 Å². The number of aromatic nitrogens is 12. The number of carboxylic acid groups (broad SMARTS) is 6. The van der Waals surface area contributed by atoms with Gasteiger partial charge in [0.1, 0.15) is 0 Å². The topological polar surface area (TPSA) is 413 Å². The third kappa shape index (κ3) is 21.9. The Balaban J connectivity index is 0.000000192. The molecule has 0 fully saturated rings. The average Bonchev–Trinajstić information content (AvgIpc) is 1.62. The number of carbonyl (C=O) groups excluding carboxylic acids is 6. The maximum atomic E-state index is 11.5. The first-order valence-electron chi connectivity index (χ1n) is 42.9. The first kappa shape index (κ1) is 104. The summed E-state index contributed by atoms with van der Waals surface area (Å²) in [5, 5.41) is 67.3. The van der Waals surface area contributed by atoms with E-state index in [0.717, 1.165) is 200 Å². The van der Waals surface area contributed by atoms with Crippen molar-refractivity contribution in [2.75, 3.05) is 17.6 Å². The molecule has 24 nitrogen and oxygen atoms in total. The van der Waals surface area contributed by atoms with Crippen molar-refractivity contribution >= 4 is 290 Å². The van der Waals surface area contributed by atoms with Crippen molar-refractivity contribution in [3.8, 4) is 0 Å². The second-order valence-electron chi connectivity index (χ2n) is 33.3. The van der Waals surface area contributed by atoms with Crippen molar-refractivity contribution in [1.82, 2.24) is 59.8 Å². The summed E-state index contributed by atoms with van der Waals surface area (Å²) in [4.78, 5) is 119. The minimum Gasteiger partial charge on any atom is -0.550 e. The number of rotatable bonds is 27. The van der Waals surface area contributed by atoms with Crippen LogP contribution in [0, 0.1) is 41.5 Å². The molecule has 0 amide bonds. The molecule has 3 atom stereocenters. The fourth-order valence-electron chi connectivity index (χ4n) is 17.9.